The van der Waals surface area contributed by atoms with E-state index in [9.17, 15) is 22.8 Å². The highest BCUT2D eigenvalue weighted by atomic mass is 79.9. The molecule has 0 saturated carbocycles. The van der Waals surface area contributed by atoms with E-state index in [2.05, 4.69) is 15.2 Å². The molecule has 48 heavy (non-hydrogen) atoms. The van der Waals surface area contributed by atoms with Gasteiger partial charge < -0.3 is 19.5 Å². The molecule has 0 bridgehead atoms. The molecular weight excluding hydrogens is 734 g/mol. The molecule has 1 fully saturated rings. The second kappa shape index (κ2) is 14.6. The quantitative estimate of drug-likeness (QED) is 0.180. The Morgan fingerprint density at radius 2 is 1.62 bits per heavy atom. The van der Waals surface area contributed by atoms with E-state index in [1.807, 2.05) is 29.8 Å². The van der Waals surface area contributed by atoms with E-state index in [1.54, 1.807) is 35.2 Å². The van der Waals surface area contributed by atoms with Gasteiger partial charge in [-0.2, -0.15) is 13.2 Å². The summed E-state index contributed by atoms with van der Waals surface area (Å²) in [6.07, 6.45) is -2.88. The van der Waals surface area contributed by atoms with Gasteiger partial charge in [-0.1, -0.05) is 35.3 Å². The predicted molar refractivity (Wildman–Crippen MR) is 185 cm³/mol. The van der Waals surface area contributed by atoms with E-state index in [0.29, 0.717) is 66.3 Å². The summed E-state index contributed by atoms with van der Waals surface area (Å²) in [5.41, 5.74) is 2.29. The maximum absolute atomic E-state index is 13.5. The molecule has 0 atom stereocenters. The second-order valence-corrected chi connectivity index (χ2v) is 12.0. The number of anilines is 1. The van der Waals surface area contributed by atoms with Crippen molar-refractivity contribution in [2.45, 2.75) is 12.7 Å². The Morgan fingerprint density at radius 1 is 0.896 bits per heavy atom. The first-order valence-electron chi connectivity index (χ1n) is 14.6. The molecule has 0 aliphatic carbocycles. The number of carbonyl (C=O) groups excluding carboxylic acids is 2. The van der Waals surface area contributed by atoms with Gasteiger partial charge in [-0.05, 0) is 60.2 Å². The van der Waals surface area contributed by atoms with Gasteiger partial charge in [0, 0.05) is 62.9 Å². The third-order valence-electron chi connectivity index (χ3n) is 7.98. The highest BCUT2D eigenvalue weighted by molar-refractivity contribution is 8.93. The minimum Gasteiger partial charge on any atom is -0.439 e. The number of ether oxygens (including phenoxy) is 1. The highest BCUT2D eigenvalue weighted by Crippen LogP contribution is 2.30. The van der Waals surface area contributed by atoms with Crippen molar-refractivity contribution >= 4 is 68.6 Å². The number of nitrogens with zero attached hydrogens (tertiary/aromatic N) is 4. The second-order valence-electron chi connectivity index (χ2n) is 11.1. The Bertz CT molecular complexity index is 1950. The zero-order valence-corrected chi connectivity index (χ0v) is 28.7. The molecule has 1 N–H and O–H groups in total. The molecule has 2 aromatic heterocycles. The molecule has 0 radical (unpaired) electrons. The van der Waals surface area contributed by atoms with Crippen molar-refractivity contribution in [1.82, 2.24) is 19.4 Å². The van der Waals surface area contributed by atoms with Gasteiger partial charge in [0.15, 0.2) is 0 Å². The van der Waals surface area contributed by atoms with Crippen molar-refractivity contribution < 1.29 is 27.5 Å². The Hall–Kier alpha value is -4.10. The molecule has 14 heteroatoms. The number of nitrogens with one attached hydrogen (secondary N) is 1. The number of alkyl halides is 3. The monoisotopic (exact) mass is 761 g/mol. The topological polar surface area (TPSA) is 79.7 Å². The predicted octanol–water partition coefficient (Wildman–Crippen LogP) is 8.48. The summed E-state index contributed by atoms with van der Waals surface area (Å²) >= 11 is 11.9. The summed E-state index contributed by atoms with van der Waals surface area (Å²) in [7, 11) is 1.82. The number of aryl methyl sites for hydroxylation is 1. The van der Waals surface area contributed by atoms with E-state index in [-0.39, 0.29) is 33.8 Å². The number of benzene rings is 3. The first-order valence-corrected chi connectivity index (χ1v) is 15.4. The Morgan fingerprint density at radius 3 is 2.27 bits per heavy atom. The van der Waals surface area contributed by atoms with Crippen LogP contribution < -0.4 is 10.1 Å². The summed E-state index contributed by atoms with van der Waals surface area (Å²) in [6, 6.07) is 20.4. The van der Waals surface area contributed by atoms with Gasteiger partial charge in [0.25, 0.3) is 11.8 Å². The molecule has 3 heterocycles. The van der Waals surface area contributed by atoms with Crippen LogP contribution in [0.2, 0.25) is 10.0 Å². The molecule has 250 valence electrons. The van der Waals surface area contributed by atoms with Gasteiger partial charge in [0.2, 0.25) is 5.88 Å². The third kappa shape index (κ3) is 7.95. The van der Waals surface area contributed by atoms with E-state index in [4.69, 9.17) is 27.9 Å². The molecule has 6 rings (SSSR count). The van der Waals surface area contributed by atoms with Gasteiger partial charge in [-0.25, -0.2) is 4.98 Å². The summed E-state index contributed by atoms with van der Waals surface area (Å²) < 4.78 is 46.4. The highest BCUT2D eigenvalue weighted by Gasteiger charge is 2.30. The van der Waals surface area contributed by atoms with Crippen molar-refractivity contribution in [3.05, 3.63) is 117 Å². The van der Waals surface area contributed by atoms with Crippen molar-refractivity contribution in [2.24, 2.45) is 7.05 Å². The molecule has 8 nitrogen and oxygen atoms in total. The number of halogens is 6. The lowest BCUT2D eigenvalue weighted by Crippen LogP contribution is -2.48. The first kappa shape index (κ1) is 35.2. The molecular formula is C34H29BrCl2F3N5O3. The van der Waals surface area contributed by atoms with Gasteiger partial charge in [0.05, 0.1) is 33.0 Å². The van der Waals surface area contributed by atoms with Gasteiger partial charge in [0.1, 0.15) is 11.4 Å². The average molecular weight is 763 g/mol. The van der Waals surface area contributed by atoms with Crippen LogP contribution in [0.5, 0.6) is 11.6 Å². The van der Waals surface area contributed by atoms with Gasteiger partial charge >= 0.3 is 6.18 Å². The molecule has 2 amide bonds. The van der Waals surface area contributed by atoms with E-state index >= 15 is 0 Å². The Balaban J connectivity index is 0.00000451. The summed E-state index contributed by atoms with van der Waals surface area (Å²) in [6.45, 7) is 2.75. The number of hydrogen-bond donors (Lipinski definition) is 1. The molecule has 1 aliphatic heterocycles. The first-order chi connectivity index (χ1) is 22.4. The summed E-state index contributed by atoms with van der Waals surface area (Å²) in [5.74, 6) is 0.380. The van der Waals surface area contributed by atoms with Crippen LogP contribution in [0, 0.1) is 0 Å². The van der Waals surface area contributed by atoms with Gasteiger partial charge in [-0.3, -0.25) is 14.5 Å². The number of carbonyl (C=O) groups is 2. The summed E-state index contributed by atoms with van der Waals surface area (Å²) in [5, 5.41) is 4.26. The van der Waals surface area contributed by atoms with E-state index < -0.39 is 11.7 Å². The number of amides is 2. The number of aromatic nitrogens is 2. The van der Waals surface area contributed by atoms with Crippen molar-refractivity contribution in [3.63, 3.8) is 0 Å². The molecule has 0 unspecified atom stereocenters. The van der Waals surface area contributed by atoms with Crippen molar-refractivity contribution in [2.75, 3.05) is 31.5 Å². The Kier molecular flexibility index (Phi) is 10.7. The van der Waals surface area contributed by atoms with Gasteiger partial charge in [-0.15, -0.1) is 17.0 Å². The maximum Gasteiger partial charge on any atom is 0.416 e. The van der Waals surface area contributed by atoms with Crippen LogP contribution in [-0.2, 0) is 19.8 Å². The van der Waals surface area contributed by atoms with Crippen LogP contribution >= 0.6 is 40.2 Å². The molecule has 5 aromatic rings. The standard InChI is InChI=1S/C34H28Cl2F3N5O3.BrH/c1-42-29-18-26(47-31-11-8-25(19-40-31)41-32(45)23-5-10-27(35)28(36)16-23)9-4-22(29)17-30(42)33(46)44-14-12-43(13-15-44)20-21-2-6-24(7-3-21)34(37,38)39;/h2-11,16-19H,12-15,20H2,1H3,(H,41,45);1H. The van der Waals surface area contributed by atoms with E-state index in [1.165, 1.54) is 24.4 Å². The number of fused-ring (bicyclic) bond motifs is 1. The van der Waals surface area contributed by atoms with E-state index in [0.717, 1.165) is 28.6 Å². The normalized spacial score (nSPS) is 13.7. The average Bonchev–Trinajstić information content (AvgIpc) is 3.38. The lowest BCUT2D eigenvalue weighted by molar-refractivity contribution is -0.137. The molecule has 0 spiro atoms. The van der Waals surface area contributed by atoms with Crippen molar-refractivity contribution in [1.29, 1.82) is 0 Å². The van der Waals surface area contributed by atoms with Crippen LogP contribution in [-0.4, -0.2) is 57.3 Å². The van der Waals surface area contributed by atoms with Crippen LogP contribution in [0.3, 0.4) is 0 Å². The third-order valence-corrected chi connectivity index (χ3v) is 8.72. The number of rotatable bonds is 7. The Labute approximate surface area is 294 Å². The largest absolute Gasteiger partial charge is 0.439 e. The zero-order chi connectivity index (χ0) is 33.3. The van der Waals surface area contributed by atoms with Crippen LogP contribution in [0.25, 0.3) is 10.9 Å². The lowest BCUT2D eigenvalue weighted by atomic mass is 10.1. The molecule has 3 aromatic carbocycles. The SMILES string of the molecule is Br.Cn1c(C(=O)N2CCN(Cc3ccc(C(F)(F)F)cc3)CC2)cc2ccc(Oc3ccc(NC(=O)c4ccc(Cl)c(Cl)c4)cn3)cc21. The number of hydrogen-bond acceptors (Lipinski definition) is 5. The molecule has 1 saturated heterocycles. The van der Waals surface area contributed by atoms with Crippen LogP contribution in [0.4, 0.5) is 18.9 Å². The summed E-state index contributed by atoms with van der Waals surface area (Å²) in [4.78, 5) is 34.2. The number of pyridine rings is 1. The fourth-order valence-electron chi connectivity index (χ4n) is 5.38. The zero-order valence-electron chi connectivity index (χ0n) is 25.4. The fraction of sp³-hybridized carbons (Fsp3) is 0.206. The lowest BCUT2D eigenvalue weighted by Gasteiger charge is -2.34. The van der Waals surface area contributed by atoms with Crippen molar-refractivity contribution in [3.8, 4) is 11.6 Å². The molecule has 1 aliphatic rings. The minimum absolute atomic E-state index is 0. The minimum atomic E-state index is -4.36. The smallest absolute Gasteiger partial charge is 0.416 e. The maximum atomic E-state index is 13.5. The fourth-order valence-corrected chi connectivity index (χ4v) is 5.68. The number of piperazine rings is 1. The van der Waals surface area contributed by atoms with Crippen LogP contribution in [0.15, 0.2) is 85.1 Å². The van der Waals surface area contributed by atoms with Crippen LogP contribution in [0.1, 0.15) is 32.0 Å².